The fourth-order valence-corrected chi connectivity index (χ4v) is 2.50. The third kappa shape index (κ3) is 5.80. The summed E-state index contributed by atoms with van der Waals surface area (Å²) >= 11 is 5.85. The summed E-state index contributed by atoms with van der Waals surface area (Å²) < 4.78 is 9.86. The molecule has 1 amide bonds. The monoisotopic (exact) mass is 361 g/mol. The van der Waals surface area contributed by atoms with Crippen LogP contribution in [0.15, 0.2) is 48.5 Å². The third-order valence-electron chi connectivity index (χ3n) is 3.73. The number of carbonyl (C=O) groups excluding carboxylic acids is 2. The second kappa shape index (κ2) is 9.08. The molecule has 1 N–H and O–H groups in total. The molecule has 2 rings (SSSR count). The first-order chi connectivity index (χ1) is 12.0. The highest BCUT2D eigenvalue weighted by Gasteiger charge is 2.19. The molecule has 0 spiro atoms. The zero-order valence-corrected chi connectivity index (χ0v) is 14.9. The number of ether oxygens (including phenoxy) is 2. The molecule has 2 aromatic carbocycles. The highest BCUT2D eigenvalue weighted by Crippen LogP contribution is 2.21. The number of carbonyl (C=O) groups is 2. The molecule has 0 radical (unpaired) electrons. The molecule has 0 saturated heterocycles. The van der Waals surface area contributed by atoms with Gasteiger partial charge in [-0.3, -0.25) is 9.59 Å². The molecule has 0 aliphatic heterocycles. The molecule has 0 aliphatic carbocycles. The van der Waals surface area contributed by atoms with E-state index >= 15 is 0 Å². The zero-order valence-electron chi connectivity index (χ0n) is 14.1. The summed E-state index contributed by atoms with van der Waals surface area (Å²) in [5.41, 5.74) is 1.64. The van der Waals surface area contributed by atoms with Gasteiger partial charge in [0.1, 0.15) is 5.75 Å². The first-order valence-electron chi connectivity index (χ1n) is 7.76. The van der Waals surface area contributed by atoms with Crippen molar-refractivity contribution in [2.45, 2.75) is 18.9 Å². The van der Waals surface area contributed by atoms with E-state index in [0.717, 1.165) is 11.1 Å². The molecule has 0 aliphatic rings. The third-order valence-corrected chi connectivity index (χ3v) is 3.98. The molecule has 2 aromatic rings. The number of methoxy groups -OCH3 is 2. The largest absolute Gasteiger partial charge is 0.497 e. The molecule has 0 aromatic heterocycles. The van der Waals surface area contributed by atoms with Crippen LogP contribution in [0, 0.1) is 0 Å². The van der Waals surface area contributed by atoms with Gasteiger partial charge >= 0.3 is 5.97 Å². The van der Waals surface area contributed by atoms with E-state index in [4.69, 9.17) is 21.1 Å². The van der Waals surface area contributed by atoms with E-state index in [1.807, 2.05) is 12.1 Å². The van der Waals surface area contributed by atoms with Crippen molar-refractivity contribution < 1.29 is 19.1 Å². The van der Waals surface area contributed by atoms with Gasteiger partial charge in [0.05, 0.1) is 33.1 Å². The van der Waals surface area contributed by atoms with E-state index in [1.54, 1.807) is 43.5 Å². The summed E-state index contributed by atoms with van der Waals surface area (Å²) in [6.07, 6.45) is 0.250. The first-order valence-corrected chi connectivity index (χ1v) is 8.14. The van der Waals surface area contributed by atoms with Crippen LogP contribution in [0.1, 0.15) is 23.6 Å². The fourth-order valence-electron chi connectivity index (χ4n) is 2.37. The van der Waals surface area contributed by atoms with Crippen LogP contribution in [-0.2, 0) is 20.7 Å². The minimum absolute atomic E-state index is 0.0508. The lowest BCUT2D eigenvalue weighted by molar-refractivity contribution is -0.141. The van der Waals surface area contributed by atoms with Crippen molar-refractivity contribution in [2.75, 3.05) is 14.2 Å². The SMILES string of the molecule is COC(=O)CC(NC(=O)Cc1ccc(Cl)cc1)c1ccc(OC)cc1. The van der Waals surface area contributed by atoms with Crippen LogP contribution >= 0.6 is 11.6 Å². The fraction of sp³-hybridized carbons (Fsp3) is 0.263. The number of hydrogen-bond acceptors (Lipinski definition) is 4. The lowest BCUT2D eigenvalue weighted by Crippen LogP contribution is -2.31. The average Bonchev–Trinajstić information content (AvgIpc) is 2.63. The number of benzene rings is 2. The molecule has 132 valence electrons. The molecule has 5 nitrogen and oxygen atoms in total. The van der Waals surface area contributed by atoms with Crippen LogP contribution in [0.2, 0.25) is 5.02 Å². The Labute approximate surface area is 151 Å². The lowest BCUT2D eigenvalue weighted by Gasteiger charge is -2.18. The van der Waals surface area contributed by atoms with Crippen LogP contribution in [0.3, 0.4) is 0 Å². The van der Waals surface area contributed by atoms with Gasteiger partial charge in [-0.1, -0.05) is 35.9 Å². The Morgan fingerprint density at radius 3 is 2.24 bits per heavy atom. The van der Waals surface area contributed by atoms with E-state index in [9.17, 15) is 9.59 Å². The number of hydrogen-bond donors (Lipinski definition) is 1. The predicted octanol–water partition coefficient (Wildman–Crippen LogP) is 3.31. The van der Waals surface area contributed by atoms with Crippen molar-refractivity contribution in [1.82, 2.24) is 5.32 Å². The van der Waals surface area contributed by atoms with E-state index < -0.39 is 12.0 Å². The second-order valence-electron chi connectivity index (χ2n) is 5.48. The highest BCUT2D eigenvalue weighted by atomic mass is 35.5. The summed E-state index contributed by atoms with van der Waals surface area (Å²) in [7, 11) is 2.90. The highest BCUT2D eigenvalue weighted by molar-refractivity contribution is 6.30. The van der Waals surface area contributed by atoms with Crippen LogP contribution in [0.5, 0.6) is 5.75 Å². The maximum Gasteiger partial charge on any atom is 0.307 e. The molecule has 25 heavy (non-hydrogen) atoms. The Hall–Kier alpha value is -2.53. The Kier molecular flexibility index (Phi) is 6.83. The van der Waals surface area contributed by atoms with Gasteiger partial charge in [0.2, 0.25) is 5.91 Å². The number of halogens is 1. The lowest BCUT2D eigenvalue weighted by atomic mass is 10.0. The van der Waals surface area contributed by atoms with E-state index in [1.165, 1.54) is 7.11 Å². The maximum atomic E-state index is 12.4. The number of amides is 1. The van der Waals surface area contributed by atoms with Gasteiger partial charge in [0, 0.05) is 5.02 Å². The van der Waals surface area contributed by atoms with E-state index in [2.05, 4.69) is 5.32 Å². The van der Waals surface area contributed by atoms with E-state index in [0.29, 0.717) is 10.8 Å². The van der Waals surface area contributed by atoms with Gasteiger partial charge in [0.15, 0.2) is 0 Å². The Morgan fingerprint density at radius 1 is 1.04 bits per heavy atom. The van der Waals surface area contributed by atoms with Crippen LogP contribution in [-0.4, -0.2) is 26.1 Å². The molecule has 0 fully saturated rings. The van der Waals surface area contributed by atoms with Gasteiger partial charge in [-0.15, -0.1) is 0 Å². The van der Waals surface area contributed by atoms with Gasteiger partial charge < -0.3 is 14.8 Å². The molecule has 6 heteroatoms. The minimum Gasteiger partial charge on any atom is -0.497 e. The van der Waals surface area contributed by atoms with Gasteiger partial charge in [-0.2, -0.15) is 0 Å². The summed E-state index contributed by atoms with van der Waals surface area (Å²) in [5, 5.41) is 3.50. The summed E-state index contributed by atoms with van der Waals surface area (Å²) in [4.78, 5) is 24.0. The first kappa shape index (κ1) is 18.8. The van der Waals surface area contributed by atoms with Gasteiger partial charge in [0.25, 0.3) is 0 Å². The quantitative estimate of drug-likeness (QED) is 0.768. The number of nitrogens with one attached hydrogen (secondary N) is 1. The summed E-state index contributed by atoms with van der Waals surface area (Å²) in [5.74, 6) is 0.118. The Morgan fingerprint density at radius 2 is 1.68 bits per heavy atom. The number of rotatable bonds is 7. The average molecular weight is 362 g/mol. The van der Waals surface area contributed by atoms with Crippen molar-refractivity contribution in [1.29, 1.82) is 0 Å². The van der Waals surface area contributed by atoms with E-state index in [-0.39, 0.29) is 18.7 Å². The summed E-state index contributed by atoms with van der Waals surface area (Å²) in [6, 6.07) is 13.8. The molecule has 1 unspecified atom stereocenters. The zero-order chi connectivity index (χ0) is 18.2. The standard InChI is InChI=1S/C19H20ClNO4/c1-24-16-9-5-14(6-10-16)17(12-19(23)25-2)21-18(22)11-13-3-7-15(20)8-4-13/h3-10,17H,11-12H2,1-2H3,(H,21,22). The predicted molar refractivity (Wildman–Crippen MR) is 95.7 cm³/mol. The Bertz CT molecular complexity index is 713. The normalized spacial score (nSPS) is 11.5. The molecular formula is C19H20ClNO4. The molecule has 0 heterocycles. The smallest absolute Gasteiger partial charge is 0.307 e. The van der Waals surface area contributed by atoms with Crippen LogP contribution < -0.4 is 10.1 Å². The van der Waals surface area contributed by atoms with Crippen molar-refractivity contribution in [3.8, 4) is 5.75 Å². The molecular weight excluding hydrogens is 342 g/mol. The topological polar surface area (TPSA) is 64.6 Å². The summed E-state index contributed by atoms with van der Waals surface area (Å²) in [6.45, 7) is 0. The van der Waals surface area contributed by atoms with Gasteiger partial charge in [-0.05, 0) is 35.4 Å². The Balaban J connectivity index is 2.09. The maximum absolute atomic E-state index is 12.4. The number of esters is 1. The van der Waals surface area contributed by atoms with Crippen molar-refractivity contribution in [2.24, 2.45) is 0 Å². The molecule has 0 saturated carbocycles. The second-order valence-corrected chi connectivity index (χ2v) is 5.91. The molecule has 0 bridgehead atoms. The van der Waals surface area contributed by atoms with Crippen molar-refractivity contribution >= 4 is 23.5 Å². The van der Waals surface area contributed by atoms with Gasteiger partial charge in [-0.25, -0.2) is 0 Å². The van der Waals surface area contributed by atoms with Crippen molar-refractivity contribution in [3.05, 3.63) is 64.7 Å². The van der Waals surface area contributed by atoms with Crippen molar-refractivity contribution in [3.63, 3.8) is 0 Å². The van der Waals surface area contributed by atoms with Crippen LogP contribution in [0.4, 0.5) is 0 Å². The van der Waals surface area contributed by atoms with Crippen LogP contribution in [0.25, 0.3) is 0 Å². The minimum atomic E-state index is -0.474. The molecule has 1 atom stereocenters.